The molecule has 0 aliphatic carbocycles. The number of non-ortho nitro benzene ring substituents is 1. The molecule has 3 aromatic carbocycles. The van der Waals surface area contributed by atoms with Crippen molar-refractivity contribution in [3.8, 4) is 5.75 Å². The van der Waals surface area contributed by atoms with E-state index in [1.165, 1.54) is 42.6 Å². The number of carbonyl (C=O) groups is 2. The molecule has 3 aromatic rings. The Balaban J connectivity index is 1.67. The number of amides is 2. The predicted molar refractivity (Wildman–Crippen MR) is 125 cm³/mol. The Labute approximate surface area is 189 Å². The highest BCUT2D eigenvalue weighted by molar-refractivity contribution is 6.05. The summed E-state index contributed by atoms with van der Waals surface area (Å²) in [7, 11) is 0. The van der Waals surface area contributed by atoms with Crippen LogP contribution in [0.5, 0.6) is 5.75 Å². The third kappa shape index (κ3) is 5.88. The molecular weight excluding hydrogens is 424 g/mol. The molecule has 0 atom stereocenters. The van der Waals surface area contributed by atoms with Gasteiger partial charge in [0.15, 0.2) is 0 Å². The number of phenolic OH excluding ortho intramolecular Hbond substituents is 1. The first-order valence-corrected chi connectivity index (χ1v) is 9.80. The summed E-state index contributed by atoms with van der Waals surface area (Å²) in [6.45, 7) is 3.64. The fourth-order valence-corrected chi connectivity index (χ4v) is 2.96. The summed E-state index contributed by atoms with van der Waals surface area (Å²) in [6.07, 6.45) is 3.49. The maximum absolute atomic E-state index is 12.4. The number of hydrogen-bond acceptors (Lipinski definition) is 6. The molecule has 3 N–H and O–H groups in total. The van der Waals surface area contributed by atoms with Crippen LogP contribution in [0, 0.1) is 10.1 Å². The molecule has 0 spiro atoms. The summed E-state index contributed by atoms with van der Waals surface area (Å²) in [6, 6.07) is 16.6. The molecule has 0 aliphatic heterocycles. The molecule has 0 unspecified atom stereocenters. The number of nitro groups is 1. The Kier molecular flexibility index (Phi) is 7.28. The van der Waals surface area contributed by atoms with Crippen LogP contribution in [-0.4, -0.2) is 28.1 Å². The maximum atomic E-state index is 12.4. The molecule has 2 amide bonds. The lowest BCUT2D eigenvalue weighted by Gasteiger charge is -2.07. The van der Waals surface area contributed by atoms with Gasteiger partial charge in [-0.1, -0.05) is 30.3 Å². The van der Waals surface area contributed by atoms with Gasteiger partial charge in [0, 0.05) is 34.5 Å². The van der Waals surface area contributed by atoms with Crippen LogP contribution in [0.2, 0.25) is 0 Å². The molecule has 9 heteroatoms. The normalized spacial score (nSPS) is 10.5. The number of anilines is 1. The zero-order valence-corrected chi connectivity index (χ0v) is 17.4. The summed E-state index contributed by atoms with van der Waals surface area (Å²) in [5.74, 6) is -1.02. The Bertz CT molecular complexity index is 1250. The average molecular weight is 444 g/mol. The van der Waals surface area contributed by atoms with Crippen LogP contribution in [0.15, 0.2) is 84.5 Å². The van der Waals surface area contributed by atoms with Crippen molar-refractivity contribution in [2.45, 2.75) is 6.42 Å². The van der Waals surface area contributed by atoms with E-state index in [-0.39, 0.29) is 22.6 Å². The fourth-order valence-electron chi connectivity index (χ4n) is 2.96. The lowest BCUT2D eigenvalue weighted by atomic mass is 10.1. The van der Waals surface area contributed by atoms with Crippen molar-refractivity contribution in [3.63, 3.8) is 0 Å². The monoisotopic (exact) mass is 444 g/mol. The number of carbonyl (C=O) groups excluding carboxylic acids is 2. The third-order valence-corrected chi connectivity index (χ3v) is 4.59. The van der Waals surface area contributed by atoms with Gasteiger partial charge in [0.2, 0.25) is 0 Å². The smallest absolute Gasteiger partial charge is 0.271 e. The maximum Gasteiger partial charge on any atom is 0.271 e. The molecule has 0 saturated heterocycles. The number of nitrogens with zero attached hydrogens (tertiary/aromatic N) is 2. The molecule has 0 fully saturated rings. The van der Waals surface area contributed by atoms with Gasteiger partial charge in [-0.3, -0.25) is 19.7 Å². The minimum absolute atomic E-state index is 0.0567. The standard InChI is InChI=1S/C24H20N4O5/c1-2-6-16-7-3-10-19(22(16)29)15-25-27-24(31)17-8-4-11-20(13-17)26-23(30)18-9-5-12-21(14-18)28(32)33/h2-5,7-15,29H,1,6H2,(H,26,30)(H,27,31)/b25-15+. The van der Waals surface area contributed by atoms with Gasteiger partial charge in [0.05, 0.1) is 11.1 Å². The number of nitrogens with one attached hydrogen (secondary N) is 2. The summed E-state index contributed by atoms with van der Waals surface area (Å²) in [4.78, 5) is 35.2. The number of rotatable bonds is 8. The first-order valence-electron chi connectivity index (χ1n) is 9.80. The zero-order valence-electron chi connectivity index (χ0n) is 17.4. The number of benzene rings is 3. The molecule has 0 aromatic heterocycles. The number of phenols is 1. The van der Waals surface area contributed by atoms with Gasteiger partial charge in [-0.2, -0.15) is 5.10 Å². The molecule has 0 heterocycles. The van der Waals surface area contributed by atoms with Gasteiger partial charge < -0.3 is 10.4 Å². The van der Waals surface area contributed by atoms with Crippen LogP contribution in [-0.2, 0) is 6.42 Å². The summed E-state index contributed by atoms with van der Waals surface area (Å²) >= 11 is 0. The minimum Gasteiger partial charge on any atom is -0.507 e. The van der Waals surface area contributed by atoms with Gasteiger partial charge >= 0.3 is 0 Å². The third-order valence-electron chi connectivity index (χ3n) is 4.59. The van der Waals surface area contributed by atoms with E-state index in [2.05, 4.69) is 22.4 Å². The molecular formula is C24H20N4O5. The molecule has 9 nitrogen and oxygen atoms in total. The minimum atomic E-state index is -0.586. The van der Waals surface area contributed by atoms with Gasteiger partial charge in [-0.15, -0.1) is 6.58 Å². The molecule has 33 heavy (non-hydrogen) atoms. The van der Waals surface area contributed by atoms with Crippen molar-refractivity contribution in [2.24, 2.45) is 5.10 Å². The van der Waals surface area contributed by atoms with Crippen LogP contribution < -0.4 is 10.7 Å². The summed E-state index contributed by atoms with van der Waals surface area (Å²) in [5.41, 5.74) is 3.97. The van der Waals surface area contributed by atoms with E-state index in [4.69, 9.17) is 0 Å². The van der Waals surface area contributed by atoms with Crippen molar-refractivity contribution in [1.29, 1.82) is 0 Å². The Morgan fingerprint density at radius 3 is 2.45 bits per heavy atom. The number of nitro benzene ring substituents is 1. The van der Waals surface area contributed by atoms with E-state index in [0.29, 0.717) is 23.2 Å². The van der Waals surface area contributed by atoms with Gasteiger partial charge in [0.1, 0.15) is 5.75 Å². The van der Waals surface area contributed by atoms with E-state index in [0.717, 1.165) is 0 Å². The number of hydrogen-bond donors (Lipinski definition) is 3. The SMILES string of the molecule is C=CCc1cccc(/C=N/NC(=O)c2cccc(NC(=O)c3cccc([N+](=O)[O-])c3)c2)c1O. The molecule has 0 radical (unpaired) electrons. The number of para-hydroxylation sites is 1. The van der Waals surface area contributed by atoms with Gasteiger partial charge in [-0.25, -0.2) is 5.43 Å². The lowest BCUT2D eigenvalue weighted by molar-refractivity contribution is -0.384. The second-order valence-electron chi connectivity index (χ2n) is 6.89. The van der Waals surface area contributed by atoms with E-state index in [1.54, 1.807) is 36.4 Å². The quantitative estimate of drug-likeness (QED) is 0.209. The first-order chi connectivity index (χ1) is 15.9. The van der Waals surface area contributed by atoms with Crippen LogP contribution in [0.3, 0.4) is 0 Å². The van der Waals surface area contributed by atoms with E-state index < -0.39 is 16.7 Å². The van der Waals surface area contributed by atoms with E-state index in [9.17, 15) is 24.8 Å². The van der Waals surface area contributed by atoms with E-state index >= 15 is 0 Å². The van der Waals surface area contributed by atoms with Crippen LogP contribution in [0.4, 0.5) is 11.4 Å². The predicted octanol–water partition coefficient (Wildman–Crippen LogP) is 4.05. The van der Waals surface area contributed by atoms with Crippen molar-refractivity contribution in [2.75, 3.05) is 5.32 Å². The second kappa shape index (κ2) is 10.5. The highest BCUT2D eigenvalue weighted by Gasteiger charge is 2.13. The molecule has 0 aliphatic rings. The average Bonchev–Trinajstić information content (AvgIpc) is 2.81. The van der Waals surface area contributed by atoms with Gasteiger partial charge in [0.25, 0.3) is 17.5 Å². The highest BCUT2D eigenvalue weighted by atomic mass is 16.6. The number of aromatic hydroxyl groups is 1. The Hall–Kier alpha value is -4.79. The van der Waals surface area contributed by atoms with Crippen LogP contribution >= 0.6 is 0 Å². The summed E-state index contributed by atoms with van der Waals surface area (Å²) < 4.78 is 0. The molecule has 3 rings (SSSR count). The van der Waals surface area contributed by atoms with Crippen molar-refractivity contribution < 1.29 is 19.6 Å². The van der Waals surface area contributed by atoms with Gasteiger partial charge in [-0.05, 0) is 42.3 Å². The van der Waals surface area contributed by atoms with Crippen LogP contribution in [0.1, 0.15) is 31.8 Å². The number of allylic oxidation sites excluding steroid dienone is 1. The highest BCUT2D eigenvalue weighted by Crippen LogP contribution is 2.21. The Morgan fingerprint density at radius 2 is 1.73 bits per heavy atom. The lowest BCUT2D eigenvalue weighted by Crippen LogP contribution is -2.18. The van der Waals surface area contributed by atoms with Crippen molar-refractivity contribution >= 4 is 29.4 Å². The first kappa shape index (κ1) is 22.9. The van der Waals surface area contributed by atoms with Crippen molar-refractivity contribution in [1.82, 2.24) is 5.43 Å². The topological polar surface area (TPSA) is 134 Å². The second-order valence-corrected chi connectivity index (χ2v) is 6.89. The Morgan fingerprint density at radius 1 is 1.03 bits per heavy atom. The van der Waals surface area contributed by atoms with Crippen LogP contribution in [0.25, 0.3) is 0 Å². The van der Waals surface area contributed by atoms with Crippen molar-refractivity contribution in [3.05, 3.63) is 112 Å². The number of hydrazone groups is 1. The molecule has 0 saturated carbocycles. The summed E-state index contributed by atoms with van der Waals surface area (Å²) in [5, 5.41) is 27.6. The fraction of sp³-hybridized carbons (Fsp3) is 0.0417. The largest absolute Gasteiger partial charge is 0.507 e. The van der Waals surface area contributed by atoms with E-state index in [1.807, 2.05) is 0 Å². The zero-order chi connectivity index (χ0) is 23.8. The molecule has 166 valence electrons. The molecule has 0 bridgehead atoms.